The molecule has 0 unspecified atom stereocenters. The molecule has 0 fully saturated rings. The molecule has 2 bridgehead atoms. The van der Waals surface area contributed by atoms with E-state index in [1.165, 1.54) is 72.8 Å². The van der Waals surface area contributed by atoms with Crippen LogP contribution in [0.25, 0.3) is 0 Å². The van der Waals surface area contributed by atoms with E-state index in [1.54, 1.807) is 12.1 Å². The van der Waals surface area contributed by atoms with Gasteiger partial charge in [-0.1, -0.05) is 24.3 Å². The lowest BCUT2D eigenvalue weighted by Gasteiger charge is -2.51. The zero-order valence-corrected chi connectivity index (χ0v) is 31.0. The first-order valence-electron chi connectivity index (χ1n) is 18.9. The molecule has 0 saturated heterocycles. The van der Waals surface area contributed by atoms with E-state index in [0.717, 1.165) is 12.1 Å². The highest BCUT2D eigenvalue weighted by molar-refractivity contribution is 5.72. The Labute approximate surface area is 339 Å². The van der Waals surface area contributed by atoms with Gasteiger partial charge in [0.1, 0.15) is 87.3 Å². The number of benzene rings is 6. The van der Waals surface area contributed by atoms with Crippen molar-refractivity contribution < 1.29 is 75.1 Å². The summed E-state index contributed by atoms with van der Waals surface area (Å²) in [7, 11) is 0. The number of ether oxygens (including phenoxy) is 4. The molecule has 306 valence electrons. The first kappa shape index (κ1) is 37.1. The predicted octanol–water partition coefficient (Wildman–Crippen LogP) is 5.13. The van der Waals surface area contributed by atoms with E-state index in [0.29, 0.717) is 11.1 Å². The van der Waals surface area contributed by atoms with Crippen molar-refractivity contribution in [2.24, 2.45) is 0 Å². The molecule has 4 aliphatic rings. The van der Waals surface area contributed by atoms with Gasteiger partial charge in [0.05, 0.1) is 17.9 Å². The fourth-order valence-electron chi connectivity index (χ4n) is 9.17. The molecule has 10 rings (SSSR count). The van der Waals surface area contributed by atoms with Gasteiger partial charge in [0.15, 0.2) is 6.10 Å². The van der Waals surface area contributed by atoms with Crippen molar-refractivity contribution in [2.75, 3.05) is 0 Å². The fourth-order valence-corrected chi connectivity index (χ4v) is 9.17. The van der Waals surface area contributed by atoms with Crippen LogP contribution >= 0.6 is 0 Å². The third-order valence-corrected chi connectivity index (χ3v) is 11.9. The van der Waals surface area contributed by atoms with Crippen LogP contribution in [-0.4, -0.2) is 74.5 Å². The quantitative estimate of drug-likeness (QED) is 0.110. The van der Waals surface area contributed by atoms with Crippen molar-refractivity contribution in [1.82, 2.24) is 0 Å². The Morgan fingerprint density at radius 1 is 0.467 bits per heavy atom. The average Bonchev–Trinajstić information content (AvgIpc) is 3.20. The number of fused-ring (bicyclic) bond motifs is 9. The summed E-state index contributed by atoms with van der Waals surface area (Å²) in [5.74, 6) is -7.82. The lowest BCUT2D eigenvalue weighted by molar-refractivity contribution is -0.219. The molecule has 15 nitrogen and oxygen atoms in total. The van der Waals surface area contributed by atoms with Crippen LogP contribution in [0.4, 0.5) is 0 Å². The zero-order chi connectivity index (χ0) is 41.9. The SMILES string of the molecule is Oc1ccc([C@H]2Oc3c(c(O)cc4c3[C@H]3c5c(O)cc(O)cc5O[C@](c5ccc(O)cc5)(O4)[C@H]3O)[C@H](c3c(O)cc(O)c4c3O[C@H](c3ccc(O)cc3)[C@@H](O)C4)[C@H]2O)cc1. The summed E-state index contributed by atoms with van der Waals surface area (Å²) in [6, 6.07) is 21.8. The molecule has 15 heteroatoms. The second-order valence-electron chi connectivity index (χ2n) is 15.4. The Balaban J connectivity index is 1.24. The van der Waals surface area contributed by atoms with E-state index in [2.05, 4.69) is 0 Å². The summed E-state index contributed by atoms with van der Waals surface area (Å²) in [5.41, 5.74) is 0.936. The molecule has 0 spiro atoms. The van der Waals surface area contributed by atoms with Crippen molar-refractivity contribution in [3.8, 4) is 69.0 Å². The van der Waals surface area contributed by atoms with Crippen LogP contribution in [0.15, 0.2) is 97.1 Å². The molecule has 0 aliphatic carbocycles. The number of phenolic OH excluding ortho intramolecular Hbond substituents is 8. The molecule has 0 amide bonds. The van der Waals surface area contributed by atoms with Crippen LogP contribution in [0.5, 0.6) is 69.0 Å². The summed E-state index contributed by atoms with van der Waals surface area (Å²) in [5, 5.41) is 124. The largest absolute Gasteiger partial charge is 0.508 e. The number of hydrogen-bond donors (Lipinski definition) is 11. The molecule has 6 aromatic carbocycles. The molecule has 6 aromatic rings. The third kappa shape index (κ3) is 5.40. The van der Waals surface area contributed by atoms with Crippen molar-refractivity contribution >= 4 is 0 Å². The predicted molar refractivity (Wildman–Crippen MR) is 207 cm³/mol. The number of rotatable bonds is 4. The smallest absolute Gasteiger partial charge is 0.305 e. The monoisotopic (exact) mass is 816 g/mol. The van der Waals surface area contributed by atoms with E-state index in [1.807, 2.05) is 0 Å². The zero-order valence-electron chi connectivity index (χ0n) is 31.0. The van der Waals surface area contributed by atoms with Crippen molar-refractivity contribution in [1.29, 1.82) is 0 Å². The van der Waals surface area contributed by atoms with Gasteiger partial charge in [-0.3, -0.25) is 0 Å². The van der Waals surface area contributed by atoms with E-state index in [-0.39, 0.29) is 85.8 Å². The first-order valence-corrected chi connectivity index (χ1v) is 18.9. The Morgan fingerprint density at radius 2 is 0.983 bits per heavy atom. The van der Waals surface area contributed by atoms with Crippen molar-refractivity contribution in [3.63, 3.8) is 0 Å². The van der Waals surface area contributed by atoms with Crippen LogP contribution in [0.1, 0.15) is 68.6 Å². The summed E-state index contributed by atoms with van der Waals surface area (Å²) >= 11 is 0. The number of aliphatic hydroxyl groups excluding tert-OH is 3. The molecule has 60 heavy (non-hydrogen) atoms. The van der Waals surface area contributed by atoms with Crippen molar-refractivity contribution in [2.45, 2.75) is 54.6 Å². The van der Waals surface area contributed by atoms with Gasteiger partial charge < -0.3 is 75.1 Å². The summed E-state index contributed by atoms with van der Waals surface area (Å²) in [4.78, 5) is 0. The maximum atomic E-state index is 12.5. The lowest BCUT2D eigenvalue weighted by Crippen LogP contribution is -2.57. The van der Waals surface area contributed by atoms with Gasteiger partial charge in [-0.25, -0.2) is 0 Å². The molecule has 11 N–H and O–H groups in total. The summed E-state index contributed by atoms with van der Waals surface area (Å²) in [6.07, 6.45) is -7.17. The minimum Gasteiger partial charge on any atom is -0.508 e. The average molecular weight is 817 g/mol. The highest BCUT2D eigenvalue weighted by Gasteiger charge is 2.61. The molecule has 8 atom stereocenters. The standard InChI is InChI=1S/C45H36O15/c46-21-7-1-18(2-8-21)40-30(54)15-25-26(50)16-28(52)34(42(25)57-40)37-35-29(53)17-32-36(43(35)58-41(39(37)55)19-3-9-22(47)10-4-19)38-33-27(51)13-24(49)14-31(33)59-45(60-32,44(38)56)20-5-11-23(48)12-6-20/h1-14,16-17,30,37-41,44,46-56H,15H2/t30-,37-,38+,39+,40+,41+,44-,45+/m0/s1. The highest BCUT2D eigenvalue weighted by atomic mass is 16.7. The molecular weight excluding hydrogens is 780 g/mol. The maximum absolute atomic E-state index is 12.5. The molecule has 4 aliphatic heterocycles. The molecular formula is C45H36O15. The third-order valence-electron chi connectivity index (χ3n) is 11.9. The van der Waals surface area contributed by atoms with Crippen LogP contribution in [0, 0.1) is 0 Å². The number of aromatic hydroxyl groups is 8. The van der Waals surface area contributed by atoms with Crippen LogP contribution in [-0.2, 0) is 12.2 Å². The molecule has 4 heterocycles. The number of hydrogen-bond acceptors (Lipinski definition) is 15. The van der Waals surface area contributed by atoms with Gasteiger partial charge in [-0.15, -0.1) is 0 Å². The van der Waals surface area contributed by atoms with E-state index < -0.39 is 71.1 Å². The van der Waals surface area contributed by atoms with Gasteiger partial charge in [0, 0.05) is 64.1 Å². The first-order chi connectivity index (χ1) is 28.7. The highest BCUT2D eigenvalue weighted by Crippen LogP contribution is 2.65. The van der Waals surface area contributed by atoms with Gasteiger partial charge in [0.2, 0.25) is 0 Å². The Kier molecular flexibility index (Phi) is 8.13. The minimum atomic E-state index is -2.09. The van der Waals surface area contributed by atoms with Crippen LogP contribution in [0.3, 0.4) is 0 Å². The Hall–Kier alpha value is -7.20. The van der Waals surface area contributed by atoms with Crippen LogP contribution in [0.2, 0.25) is 0 Å². The van der Waals surface area contributed by atoms with E-state index >= 15 is 0 Å². The van der Waals surface area contributed by atoms with Gasteiger partial charge in [-0.2, -0.15) is 0 Å². The topological polar surface area (TPSA) is 259 Å². The van der Waals surface area contributed by atoms with E-state index in [9.17, 15) is 56.2 Å². The summed E-state index contributed by atoms with van der Waals surface area (Å²) in [6.45, 7) is 0. The minimum absolute atomic E-state index is 0.0125. The number of aliphatic hydroxyl groups is 3. The maximum Gasteiger partial charge on any atom is 0.305 e. The fraction of sp³-hybridized carbons (Fsp3) is 0.200. The van der Waals surface area contributed by atoms with Crippen LogP contribution < -0.4 is 18.9 Å². The van der Waals surface area contributed by atoms with Crippen molar-refractivity contribution in [3.05, 3.63) is 142 Å². The lowest BCUT2D eigenvalue weighted by atomic mass is 9.71. The second-order valence-corrected chi connectivity index (χ2v) is 15.4. The van der Waals surface area contributed by atoms with Gasteiger partial charge in [0.25, 0.3) is 0 Å². The molecule has 0 aromatic heterocycles. The Morgan fingerprint density at radius 3 is 1.62 bits per heavy atom. The second kappa shape index (κ2) is 13.2. The van der Waals surface area contributed by atoms with Gasteiger partial charge in [-0.05, 0) is 59.7 Å². The number of phenols is 8. The normalized spacial score (nSPS) is 25.8. The molecule has 0 radical (unpaired) electrons. The molecule has 0 saturated carbocycles. The Bertz CT molecular complexity index is 2700. The van der Waals surface area contributed by atoms with E-state index in [4.69, 9.17) is 18.9 Å². The summed E-state index contributed by atoms with van der Waals surface area (Å²) < 4.78 is 26.0. The van der Waals surface area contributed by atoms with Gasteiger partial charge >= 0.3 is 5.79 Å².